The van der Waals surface area contributed by atoms with Crippen LogP contribution in [0.2, 0.25) is 0 Å². The number of nitrogens with one attached hydrogen (secondary N) is 2. The number of rotatable bonds is 9. The topological polar surface area (TPSA) is 58.2 Å². The van der Waals surface area contributed by atoms with Crippen molar-refractivity contribution in [1.82, 2.24) is 10.0 Å². The van der Waals surface area contributed by atoms with Crippen LogP contribution in [0.3, 0.4) is 0 Å². The van der Waals surface area contributed by atoms with Crippen LogP contribution in [0.15, 0.2) is 16.3 Å². The summed E-state index contributed by atoms with van der Waals surface area (Å²) in [6.07, 6.45) is 4.33. The van der Waals surface area contributed by atoms with Crippen molar-refractivity contribution in [2.75, 3.05) is 0 Å². The third-order valence-corrected chi connectivity index (χ3v) is 6.81. The van der Waals surface area contributed by atoms with E-state index in [0.717, 1.165) is 30.2 Å². The second-order valence-corrected chi connectivity index (χ2v) is 9.27. The van der Waals surface area contributed by atoms with E-state index < -0.39 is 10.0 Å². The molecule has 4 nitrogen and oxygen atoms in total. The maximum atomic E-state index is 12.4. The largest absolute Gasteiger partial charge is 0.310 e. The molecule has 1 aromatic rings. The smallest absolute Gasteiger partial charge is 0.250 e. The van der Waals surface area contributed by atoms with Gasteiger partial charge in [-0.05, 0) is 30.9 Å². The molecule has 21 heavy (non-hydrogen) atoms. The Labute approximate surface area is 132 Å². The molecule has 0 bridgehead atoms. The van der Waals surface area contributed by atoms with E-state index in [4.69, 9.17) is 0 Å². The average Bonchev–Trinajstić information content (AvgIpc) is 3.09. The zero-order valence-electron chi connectivity index (χ0n) is 13.1. The maximum absolute atomic E-state index is 12.4. The van der Waals surface area contributed by atoms with E-state index >= 15 is 0 Å². The van der Waals surface area contributed by atoms with Gasteiger partial charge in [-0.2, -0.15) is 0 Å². The normalized spacial score (nSPS) is 17.3. The molecule has 2 N–H and O–H groups in total. The first-order chi connectivity index (χ1) is 9.90. The van der Waals surface area contributed by atoms with Gasteiger partial charge in [0.2, 0.25) is 10.0 Å². The molecule has 0 saturated heterocycles. The van der Waals surface area contributed by atoms with Crippen molar-refractivity contribution in [1.29, 1.82) is 0 Å². The molecule has 1 aliphatic carbocycles. The van der Waals surface area contributed by atoms with Crippen LogP contribution < -0.4 is 10.0 Å². The molecule has 120 valence electrons. The predicted octanol–water partition coefficient (Wildman–Crippen LogP) is 3.10. The molecular formula is C15H26N2O2S2. The van der Waals surface area contributed by atoms with Crippen LogP contribution >= 0.6 is 11.3 Å². The Morgan fingerprint density at radius 1 is 1.33 bits per heavy atom. The summed E-state index contributed by atoms with van der Waals surface area (Å²) < 4.78 is 28.2. The fourth-order valence-corrected chi connectivity index (χ4v) is 4.89. The average molecular weight is 331 g/mol. The first-order valence-corrected chi connectivity index (χ1v) is 10.0. The number of thiophene rings is 1. The Bertz CT molecular complexity index is 548. The Kier molecular flexibility index (Phi) is 5.82. The second kappa shape index (κ2) is 7.22. The highest BCUT2D eigenvalue weighted by Gasteiger charge is 2.28. The van der Waals surface area contributed by atoms with Crippen LogP contribution in [0, 0.1) is 5.92 Å². The summed E-state index contributed by atoms with van der Waals surface area (Å²) in [7, 11) is -3.37. The van der Waals surface area contributed by atoms with E-state index in [2.05, 4.69) is 23.9 Å². The van der Waals surface area contributed by atoms with E-state index in [-0.39, 0.29) is 6.04 Å². The van der Waals surface area contributed by atoms with Gasteiger partial charge in [0.1, 0.15) is 4.21 Å². The van der Waals surface area contributed by atoms with Crippen molar-refractivity contribution in [3.63, 3.8) is 0 Å². The summed E-state index contributed by atoms with van der Waals surface area (Å²) in [5, 5.41) is 3.31. The molecule has 0 amide bonds. The van der Waals surface area contributed by atoms with E-state index in [1.165, 1.54) is 24.2 Å². The lowest BCUT2D eigenvalue weighted by molar-refractivity contribution is 0.496. The predicted molar refractivity (Wildman–Crippen MR) is 88.0 cm³/mol. The van der Waals surface area contributed by atoms with Gasteiger partial charge in [-0.1, -0.05) is 33.6 Å². The minimum absolute atomic E-state index is 0.0711. The fraction of sp³-hybridized carbons (Fsp3) is 0.733. The van der Waals surface area contributed by atoms with Gasteiger partial charge in [0.15, 0.2) is 0 Å². The van der Waals surface area contributed by atoms with Gasteiger partial charge in [0.25, 0.3) is 0 Å². The molecule has 0 spiro atoms. The van der Waals surface area contributed by atoms with E-state index in [1.807, 2.05) is 13.0 Å². The molecule has 1 aromatic heterocycles. The zero-order chi connectivity index (χ0) is 15.5. The van der Waals surface area contributed by atoms with Crippen molar-refractivity contribution in [3.8, 4) is 0 Å². The summed E-state index contributed by atoms with van der Waals surface area (Å²) in [5.41, 5.74) is 0. The SMILES string of the molecule is CCC(CC1CC1)NS(=O)(=O)c1ccc(CNC(C)C)s1. The molecule has 1 heterocycles. The summed E-state index contributed by atoms with van der Waals surface area (Å²) in [4.78, 5) is 1.05. The number of hydrogen-bond donors (Lipinski definition) is 2. The lowest BCUT2D eigenvalue weighted by Crippen LogP contribution is -2.34. The second-order valence-electron chi connectivity index (χ2n) is 6.16. The number of sulfonamides is 1. The Morgan fingerprint density at radius 3 is 2.62 bits per heavy atom. The molecule has 6 heteroatoms. The van der Waals surface area contributed by atoms with Crippen LogP contribution in [0.25, 0.3) is 0 Å². The van der Waals surface area contributed by atoms with E-state index in [0.29, 0.717) is 10.3 Å². The maximum Gasteiger partial charge on any atom is 0.250 e. The van der Waals surface area contributed by atoms with Crippen molar-refractivity contribution in [3.05, 3.63) is 17.0 Å². The van der Waals surface area contributed by atoms with E-state index in [1.54, 1.807) is 6.07 Å². The van der Waals surface area contributed by atoms with Crippen LogP contribution in [0.1, 0.15) is 51.3 Å². The molecule has 0 aliphatic heterocycles. The summed E-state index contributed by atoms with van der Waals surface area (Å²) in [6, 6.07) is 4.08. The van der Waals surface area contributed by atoms with Crippen LogP contribution in [-0.4, -0.2) is 20.5 Å². The molecule has 1 fully saturated rings. The Balaban J connectivity index is 1.97. The van der Waals surface area contributed by atoms with Gasteiger partial charge in [0.05, 0.1) is 0 Å². The van der Waals surface area contributed by atoms with E-state index in [9.17, 15) is 8.42 Å². The van der Waals surface area contributed by atoms with Gasteiger partial charge < -0.3 is 5.32 Å². The highest BCUT2D eigenvalue weighted by molar-refractivity contribution is 7.91. The molecule has 1 aliphatic rings. The van der Waals surface area contributed by atoms with Crippen LogP contribution in [0.5, 0.6) is 0 Å². The third kappa shape index (κ3) is 5.36. The molecule has 0 radical (unpaired) electrons. The lowest BCUT2D eigenvalue weighted by atomic mass is 10.1. The Morgan fingerprint density at radius 2 is 2.05 bits per heavy atom. The van der Waals surface area contributed by atoms with Gasteiger partial charge in [0, 0.05) is 23.5 Å². The van der Waals surface area contributed by atoms with Gasteiger partial charge >= 0.3 is 0 Å². The summed E-state index contributed by atoms with van der Waals surface area (Å²) in [6.45, 7) is 6.92. The quantitative estimate of drug-likeness (QED) is 0.731. The Hall–Kier alpha value is -0.430. The first kappa shape index (κ1) is 16.9. The summed E-state index contributed by atoms with van der Waals surface area (Å²) in [5.74, 6) is 0.729. The molecule has 2 rings (SSSR count). The van der Waals surface area contributed by atoms with Gasteiger partial charge in [-0.15, -0.1) is 11.3 Å². The number of hydrogen-bond acceptors (Lipinski definition) is 4. The zero-order valence-corrected chi connectivity index (χ0v) is 14.7. The van der Waals surface area contributed by atoms with Crippen molar-refractivity contribution in [2.45, 2.75) is 69.3 Å². The molecule has 1 unspecified atom stereocenters. The van der Waals surface area contributed by atoms with Crippen molar-refractivity contribution in [2.24, 2.45) is 5.92 Å². The fourth-order valence-electron chi connectivity index (χ4n) is 2.23. The van der Waals surface area contributed by atoms with Gasteiger partial charge in [-0.3, -0.25) is 0 Å². The first-order valence-electron chi connectivity index (χ1n) is 7.75. The lowest BCUT2D eigenvalue weighted by Gasteiger charge is -2.15. The minimum atomic E-state index is -3.37. The van der Waals surface area contributed by atoms with Crippen molar-refractivity contribution >= 4 is 21.4 Å². The highest BCUT2D eigenvalue weighted by Crippen LogP contribution is 2.34. The molecule has 1 saturated carbocycles. The van der Waals surface area contributed by atoms with Crippen LogP contribution in [-0.2, 0) is 16.6 Å². The summed E-state index contributed by atoms with van der Waals surface area (Å²) >= 11 is 1.36. The van der Waals surface area contributed by atoms with Crippen LogP contribution in [0.4, 0.5) is 0 Å². The van der Waals surface area contributed by atoms with Crippen molar-refractivity contribution < 1.29 is 8.42 Å². The molecule has 0 aromatic carbocycles. The monoisotopic (exact) mass is 330 g/mol. The molecule has 1 atom stereocenters. The standard InChI is InChI=1S/C15H26N2O2S2/c1-4-13(9-12-5-6-12)17-21(18,19)15-8-7-14(20-15)10-16-11(2)3/h7-8,11-13,16-17H,4-6,9-10H2,1-3H3. The minimum Gasteiger partial charge on any atom is -0.310 e. The molecular weight excluding hydrogens is 304 g/mol. The highest BCUT2D eigenvalue weighted by atomic mass is 32.2. The third-order valence-electron chi connectivity index (χ3n) is 3.72. The van der Waals surface area contributed by atoms with Gasteiger partial charge in [-0.25, -0.2) is 13.1 Å².